The SMILES string of the molecule is O=C(CCCCCCN(C(=O)Cc1ccc(Cl)cc1)c1ccc(N2CCCCC2)cc1)NO. The van der Waals surface area contributed by atoms with Crippen molar-refractivity contribution in [3.63, 3.8) is 0 Å². The average Bonchev–Trinajstić information content (AvgIpc) is 2.85. The van der Waals surface area contributed by atoms with E-state index in [4.69, 9.17) is 16.8 Å². The predicted octanol–water partition coefficient (Wildman–Crippen LogP) is 5.36. The monoisotopic (exact) mass is 471 g/mol. The number of carbonyl (C=O) groups excluding carboxylic acids is 2. The maximum atomic E-state index is 13.2. The summed E-state index contributed by atoms with van der Waals surface area (Å²) in [6.07, 6.45) is 7.74. The second-order valence-corrected chi connectivity index (χ2v) is 9.05. The summed E-state index contributed by atoms with van der Waals surface area (Å²) in [4.78, 5) is 28.7. The lowest BCUT2D eigenvalue weighted by molar-refractivity contribution is -0.129. The van der Waals surface area contributed by atoms with E-state index in [0.717, 1.165) is 50.0 Å². The molecule has 0 unspecified atom stereocenters. The molecule has 0 aliphatic carbocycles. The zero-order valence-electron chi connectivity index (χ0n) is 19.1. The molecule has 0 spiro atoms. The molecule has 0 bridgehead atoms. The van der Waals surface area contributed by atoms with Gasteiger partial charge in [0.25, 0.3) is 0 Å². The number of hydroxylamine groups is 1. The minimum atomic E-state index is -0.358. The number of nitrogens with one attached hydrogen (secondary N) is 1. The van der Waals surface area contributed by atoms with Crippen LogP contribution in [0.4, 0.5) is 11.4 Å². The highest BCUT2D eigenvalue weighted by Crippen LogP contribution is 2.25. The molecule has 33 heavy (non-hydrogen) atoms. The fourth-order valence-electron chi connectivity index (χ4n) is 4.23. The predicted molar refractivity (Wildman–Crippen MR) is 133 cm³/mol. The molecule has 0 saturated carbocycles. The number of piperidine rings is 1. The van der Waals surface area contributed by atoms with Crippen LogP contribution in [0, 0.1) is 0 Å². The summed E-state index contributed by atoms with van der Waals surface area (Å²) in [6, 6.07) is 15.8. The smallest absolute Gasteiger partial charge is 0.243 e. The molecule has 2 N–H and O–H groups in total. The molecular weight excluding hydrogens is 438 g/mol. The van der Waals surface area contributed by atoms with Gasteiger partial charge in [0.2, 0.25) is 11.8 Å². The van der Waals surface area contributed by atoms with Crippen LogP contribution in [-0.4, -0.2) is 36.7 Å². The zero-order valence-corrected chi connectivity index (χ0v) is 19.9. The van der Waals surface area contributed by atoms with Gasteiger partial charge in [0.05, 0.1) is 6.42 Å². The molecule has 1 fully saturated rings. The largest absolute Gasteiger partial charge is 0.372 e. The number of nitrogens with zero attached hydrogens (tertiary/aromatic N) is 2. The third kappa shape index (κ3) is 8.06. The number of rotatable bonds is 11. The molecule has 1 aliphatic heterocycles. The second kappa shape index (κ2) is 13.2. The van der Waals surface area contributed by atoms with Gasteiger partial charge in [0.1, 0.15) is 0 Å². The van der Waals surface area contributed by atoms with Gasteiger partial charge in [-0.2, -0.15) is 0 Å². The molecule has 7 heteroatoms. The van der Waals surface area contributed by atoms with Gasteiger partial charge in [-0.3, -0.25) is 14.8 Å². The minimum Gasteiger partial charge on any atom is -0.372 e. The van der Waals surface area contributed by atoms with Crippen LogP contribution in [0.5, 0.6) is 0 Å². The van der Waals surface area contributed by atoms with Gasteiger partial charge in [-0.25, -0.2) is 5.48 Å². The number of benzene rings is 2. The van der Waals surface area contributed by atoms with E-state index in [-0.39, 0.29) is 11.8 Å². The Hall–Kier alpha value is -2.57. The van der Waals surface area contributed by atoms with Gasteiger partial charge >= 0.3 is 0 Å². The first kappa shape index (κ1) is 25.1. The summed E-state index contributed by atoms with van der Waals surface area (Å²) in [7, 11) is 0. The normalized spacial score (nSPS) is 13.6. The molecule has 178 valence electrons. The van der Waals surface area contributed by atoms with E-state index in [1.54, 1.807) is 5.48 Å². The average molecular weight is 472 g/mol. The van der Waals surface area contributed by atoms with Crippen molar-refractivity contribution in [1.29, 1.82) is 0 Å². The van der Waals surface area contributed by atoms with E-state index in [9.17, 15) is 9.59 Å². The van der Waals surface area contributed by atoms with Crippen molar-refractivity contribution < 1.29 is 14.8 Å². The molecule has 2 amide bonds. The number of halogens is 1. The number of anilines is 2. The van der Waals surface area contributed by atoms with Crippen LogP contribution in [0.25, 0.3) is 0 Å². The van der Waals surface area contributed by atoms with E-state index >= 15 is 0 Å². The molecule has 2 aromatic carbocycles. The molecule has 2 aromatic rings. The van der Waals surface area contributed by atoms with Crippen molar-refractivity contribution in [1.82, 2.24) is 5.48 Å². The highest BCUT2D eigenvalue weighted by Gasteiger charge is 2.17. The topological polar surface area (TPSA) is 72.9 Å². The molecule has 6 nitrogen and oxygen atoms in total. The van der Waals surface area contributed by atoms with Crippen LogP contribution in [0.1, 0.15) is 56.9 Å². The highest BCUT2D eigenvalue weighted by molar-refractivity contribution is 6.30. The zero-order chi connectivity index (χ0) is 23.5. The Kier molecular flexibility index (Phi) is 10.0. The van der Waals surface area contributed by atoms with E-state index < -0.39 is 0 Å². The Labute approximate surface area is 201 Å². The number of hydrogen-bond acceptors (Lipinski definition) is 4. The summed E-state index contributed by atoms with van der Waals surface area (Å²) in [6.45, 7) is 2.81. The first-order chi connectivity index (χ1) is 16.1. The Morgan fingerprint density at radius 3 is 2.24 bits per heavy atom. The van der Waals surface area contributed by atoms with Gasteiger partial charge in [0, 0.05) is 42.5 Å². The van der Waals surface area contributed by atoms with Crippen molar-refractivity contribution in [2.75, 3.05) is 29.4 Å². The van der Waals surface area contributed by atoms with E-state index in [1.807, 2.05) is 29.2 Å². The lowest BCUT2D eigenvalue weighted by Gasteiger charge is -2.29. The Balaban J connectivity index is 1.63. The number of amides is 2. The van der Waals surface area contributed by atoms with Gasteiger partial charge < -0.3 is 9.80 Å². The van der Waals surface area contributed by atoms with Crippen molar-refractivity contribution in [2.24, 2.45) is 0 Å². The fraction of sp³-hybridized carbons (Fsp3) is 0.462. The minimum absolute atomic E-state index is 0.0581. The third-order valence-electron chi connectivity index (χ3n) is 6.11. The third-order valence-corrected chi connectivity index (χ3v) is 6.36. The van der Waals surface area contributed by atoms with Gasteiger partial charge in [0.15, 0.2) is 0 Å². The van der Waals surface area contributed by atoms with E-state index in [0.29, 0.717) is 24.4 Å². The van der Waals surface area contributed by atoms with Crippen molar-refractivity contribution in [3.8, 4) is 0 Å². The number of carbonyl (C=O) groups is 2. The number of hydrogen-bond donors (Lipinski definition) is 2. The quantitative estimate of drug-likeness (QED) is 0.263. The van der Waals surface area contributed by atoms with E-state index in [1.165, 1.54) is 24.9 Å². The van der Waals surface area contributed by atoms with Gasteiger partial charge in [-0.05, 0) is 74.1 Å². The Bertz CT molecular complexity index is 881. The highest BCUT2D eigenvalue weighted by atomic mass is 35.5. The van der Waals surface area contributed by atoms with Crippen molar-refractivity contribution in [3.05, 3.63) is 59.1 Å². The Morgan fingerprint density at radius 2 is 1.58 bits per heavy atom. The number of unbranched alkanes of at least 4 members (excludes halogenated alkanes) is 3. The lowest BCUT2D eigenvalue weighted by atomic mass is 10.1. The van der Waals surface area contributed by atoms with Crippen LogP contribution in [0.3, 0.4) is 0 Å². The molecule has 1 saturated heterocycles. The van der Waals surface area contributed by atoms with Crippen LogP contribution in [-0.2, 0) is 16.0 Å². The molecule has 3 rings (SSSR count). The summed E-state index contributed by atoms with van der Waals surface area (Å²) in [5, 5.41) is 9.24. The molecule has 1 aliphatic rings. The van der Waals surface area contributed by atoms with Crippen LogP contribution in [0.15, 0.2) is 48.5 Å². The summed E-state index contributed by atoms with van der Waals surface area (Å²) < 4.78 is 0. The van der Waals surface area contributed by atoms with Crippen molar-refractivity contribution >= 4 is 34.8 Å². The van der Waals surface area contributed by atoms with Crippen LogP contribution in [0.2, 0.25) is 5.02 Å². The maximum Gasteiger partial charge on any atom is 0.243 e. The van der Waals surface area contributed by atoms with Gasteiger partial charge in [-0.1, -0.05) is 36.6 Å². The maximum absolute atomic E-state index is 13.2. The van der Waals surface area contributed by atoms with E-state index in [2.05, 4.69) is 29.2 Å². The summed E-state index contributed by atoms with van der Waals surface area (Å²) in [5.41, 5.74) is 4.73. The first-order valence-corrected chi connectivity index (χ1v) is 12.3. The summed E-state index contributed by atoms with van der Waals surface area (Å²) >= 11 is 5.99. The molecule has 0 aromatic heterocycles. The fourth-order valence-corrected chi connectivity index (χ4v) is 4.36. The molecule has 0 radical (unpaired) electrons. The summed E-state index contributed by atoms with van der Waals surface area (Å²) in [5.74, 6) is -0.300. The van der Waals surface area contributed by atoms with Crippen LogP contribution >= 0.6 is 11.6 Å². The standard InChI is InChI=1S/C26H34ClN3O3/c27-22-11-9-21(10-12-22)20-26(32)30(19-7-2-1-4-8-25(31)28-33)24-15-13-23(14-16-24)29-17-5-3-6-18-29/h9-16,33H,1-8,17-20H2,(H,28,31). The van der Waals surface area contributed by atoms with Crippen LogP contribution < -0.4 is 15.3 Å². The molecule has 0 atom stereocenters. The lowest BCUT2D eigenvalue weighted by Crippen LogP contribution is -2.33. The second-order valence-electron chi connectivity index (χ2n) is 8.61. The molecular formula is C26H34ClN3O3. The molecule has 1 heterocycles. The first-order valence-electron chi connectivity index (χ1n) is 11.9. The van der Waals surface area contributed by atoms with Gasteiger partial charge in [-0.15, -0.1) is 0 Å². The van der Waals surface area contributed by atoms with Crippen molar-refractivity contribution in [2.45, 2.75) is 57.8 Å². The Morgan fingerprint density at radius 1 is 0.909 bits per heavy atom.